The standard InChI is InChI=1S/C15H16ClN3O4S/c16-9-4-2-1-3-7(9)8-5-19(15(24)18-13(8)17)14-12(22)11(21)10(6-20)23-14/h1-5,10-12,14,20-22H,6H2,(H2,17,18,24)/t10-,11-,12-,14-/m1/s1. The molecular weight excluding hydrogens is 354 g/mol. The average molecular weight is 370 g/mol. The first-order valence-corrected chi connectivity index (χ1v) is 7.98. The van der Waals surface area contributed by atoms with Gasteiger partial charge in [0.1, 0.15) is 24.1 Å². The monoisotopic (exact) mass is 369 g/mol. The van der Waals surface area contributed by atoms with Crippen molar-refractivity contribution in [2.75, 3.05) is 12.3 Å². The molecule has 1 saturated heterocycles. The van der Waals surface area contributed by atoms with E-state index >= 15 is 0 Å². The second-order valence-electron chi connectivity index (χ2n) is 5.44. The molecule has 1 aromatic heterocycles. The van der Waals surface area contributed by atoms with Crippen LogP contribution in [0.15, 0.2) is 30.5 Å². The van der Waals surface area contributed by atoms with Crippen molar-refractivity contribution in [1.82, 2.24) is 9.55 Å². The van der Waals surface area contributed by atoms with Gasteiger partial charge in [-0.15, -0.1) is 0 Å². The van der Waals surface area contributed by atoms with Gasteiger partial charge < -0.3 is 25.8 Å². The minimum atomic E-state index is -1.27. The Bertz CT molecular complexity index is 816. The van der Waals surface area contributed by atoms with Gasteiger partial charge in [-0.05, 0) is 18.3 Å². The van der Waals surface area contributed by atoms with Crippen molar-refractivity contribution in [2.45, 2.75) is 24.5 Å². The van der Waals surface area contributed by atoms with E-state index in [0.29, 0.717) is 16.1 Å². The highest BCUT2D eigenvalue weighted by Gasteiger charge is 2.43. The number of anilines is 1. The van der Waals surface area contributed by atoms with Crippen LogP contribution in [0.5, 0.6) is 0 Å². The van der Waals surface area contributed by atoms with Gasteiger partial charge in [0, 0.05) is 22.3 Å². The third kappa shape index (κ3) is 2.92. The summed E-state index contributed by atoms with van der Waals surface area (Å²) in [6.45, 7) is -0.429. The number of nitrogens with two attached hydrogens (primary N) is 1. The Kier molecular flexibility index (Phi) is 4.86. The number of benzene rings is 1. The minimum Gasteiger partial charge on any atom is -0.394 e. The number of nitrogens with zero attached hydrogens (tertiary/aromatic N) is 2. The first-order chi connectivity index (χ1) is 11.4. The maximum atomic E-state index is 10.2. The molecule has 5 N–H and O–H groups in total. The molecule has 7 nitrogen and oxygen atoms in total. The van der Waals surface area contributed by atoms with Gasteiger partial charge in [0.05, 0.1) is 6.61 Å². The number of aromatic nitrogens is 2. The number of ether oxygens (including phenoxy) is 1. The number of hydrogen-bond donors (Lipinski definition) is 4. The SMILES string of the molecule is Nc1nc(=S)n([C@@H]2O[C@H](CO)[C@@H](O)[C@H]2O)cc1-c1ccccc1Cl. The smallest absolute Gasteiger partial charge is 0.203 e. The molecular formula is C15H16ClN3O4S. The molecule has 0 bridgehead atoms. The predicted molar refractivity (Wildman–Crippen MR) is 90.9 cm³/mol. The summed E-state index contributed by atoms with van der Waals surface area (Å²) < 4.78 is 6.97. The normalized spacial score (nSPS) is 26.7. The number of aliphatic hydroxyl groups excluding tert-OH is 3. The topological polar surface area (TPSA) is 114 Å². The summed E-state index contributed by atoms with van der Waals surface area (Å²) in [4.78, 5) is 4.11. The van der Waals surface area contributed by atoms with E-state index in [1.165, 1.54) is 4.57 Å². The van der Waals surface area contributed by atoms with Crippen LogP contribution in [0.4, 0.5) is 5.82 Å². The van der Waals surface area contributed by atoms with Crippen molar-refractivity contribution in [1.29, 1.82) is 0 Å². The Morgan fingerprint density at radius 3 is 2.58 bits per heavy atom. The zero-order valence-electron chi connectivity index (χ0n) is 12.4. The van der Waals surface area contributed by atoms with Crippen molar-refractivity contribution >= 4 is 29.6 Å². The third-order valence-electron chi connectivity index (χ3n) is 3.94. The Hall–Kier alpha value is -1.55. The molecule has 2 aromatic rings. The lowest BCUT2D eigenvalue weighted by molar-refractivity contribution is -0.0540. The Morgan fingerprint density at radius 2 is 1.96 bits per heavy atom. The van der Waals surface area contributed by atoms with Gasteiger partial charge in [0.25, 0.3) is 0 Å². The molecule has 0 saturated carbocycles. The van der Waals surface area contributed by atoms with Crippen LogP contribution in [0.2, 0.25) is 5.02 Å². The van der Waals surface area contributed by atoms with E-state index in [-0.39, 0.29) is 10.6 Å². The summed E-state index contributed by atoms with van der Waals surface area (Å²) in [6, 6.07) is 7.09. The fourth-order valence-electron chi connectivity index (χ4n) is 2.66. The fourth-order valence-corrected chi connectivity index (χ4v) is 3.15. The quantitative estimate of drug-likeness (QED) is 0.599. The maximum absolute atomic E-state index is 10.2. The van der Waals surface area contributed by atoms with Crippen LogP contribution >= 0.6 is 23.8 Å². The number of rotatable bonds is 3. The van der Waals surface area contributed by atoms with Gasteiger partial charge in [0.2, 0.25) is 4.77 Å². The Labute approximate surface area is 147 Å². The van der Waals surface area contributed by atoms with Crippen molar-refractivity contribution in [3.63, 3.8) is 0 Å². The van der Waals surface area contributed by atoms with Gasteiger partial charge >= 0.3 is 0 Å². The molecule has 1 aliphatic heterocycles. The van der Waals surface area contributed by atoms with Crippen LogP contribution in [0.1, 0.15) is 6.23 Å². The number of halogens is 1. The maximum Gasteiger partial charge on any atom is 0.203 e. The molecule has 0 unspecified atom stereocenters. The van der Waals surface area contributed by atoms with Gasteiger partial charge in [-0.1, -0.05) is 29.8 Å². The zero-order valence-corrected chi connectivity index (χ0v) is 14.0. The highest BCUT2D eigenvalue weighted by molar-refractivity contribution is 7.71. The summed E-state index contributed by atoms with van der Waals surface area (Å²) in [5, 5.41) is 29.8. The lowest BCUT2D eigenvalue weighted by atomic mass is 10.1. The van der Waals surface area contributed by atoms with Gasteiger partial charge in [-0.2, -0.15) is 0 Å². The first kappa shape index (κ1) is 17.3. The van der Waals surface area contributed by atoms with E-state index in [1.54, 1.807) is 30.5 Å². The van der Waals surface area contributed by atoms with Crippen LogP contribution in [-0.4, -0.2) is 49.8 Å². The lowest BCUT2D eigenvalue weighted by Crippen LogP contribution is -2.33. The van der Waals surface area contributed by atoms with E-state index in [9.17, 15) is 15.3 Å². The van der Waals surface area contributed by atoms with Crippen molar-refractivity contribution in [3.8, 4) is 11.1 Å². The first-order valence-electron chi connectivity index (χ1n) is 7.20. The van der Waals surface area contributed by atoms with Gasteiger partial charge in [0.15, 0.2) is 6.23 Å². The zero-order chi connectivity index (χ0) is 17.4. The third-order valence-corrected chi connectivity index (χ3v) is 4.57. The van der Waals surface area contributed by atoms with Crippen LogP contribution in [-0.2, 0) is 4.74 Å². The minimum absolute atomic E-state index is 0.0816. The summed E-state index contributed by atoms with van der Waals surface area (Å²) in [5.41, 5.74) is 7.14. The van der Waals surface area contributed by atoms with Crippen molar-refractivity contribution in [3.05, 3.63) is 40.3 Å². The van der Waals surface area contributed by atoms with Crippen molar-refractivity contribution < 1.29 is 20.1 Å². The molecule has 2 heterocycles. The summed E-state index contributed by atoms with van der Waals surface area (Å²) >= 11 is 11.4. The van der Waals surface area contributed by atoms with E-state index in [2.05, 4.69) is 4.98 Å². The van der Waals surface area contributed by atoms with Crippen LogP contribution < -0.4 is 5.73 Å². The average Bonchev–Trinajstić information content (AvgIpc) is 2.84. The van der Waals surface area contributed by atoms with E-state index in [4.69, 9.17) is 34.3 Å². The second kappa shape index (κ2) is 6.75. The van der Waals surface area contributed by atoms with Crippen LogP contribution in [0.25, 0.3) is 11.1 Å². The molecule has 4 atom stereocenters. The van der Waals surface area contributed by atoms with Gasteiger partial charge in [-0.3, -0.25) is 4.57 Å². The van der Waals surface area contributed by atoms with E-state index < -0.39 is 31.1 Å². The molecule has 3 rings (SSSR count). The Morgan fingerprint density at radius 1 is 1.25 bits per heavy atom. The fraction of sp³-hybridized carbons (Fsp3) is 0.333. The second-order valence-corrected chi connectivity index (χ2v) is 6.21. The lowest BCUT2D eigenvalue weighted by Gasteiger charge is -2.20. The Balaban J connectivity index is 2.09. The molecule has 0 amide bonds. The molecule has 24 heavy (non-hydrogen) atoms. The number of nitrogen functional groups attached to an aromatic ring is 1. The molecule has 1 fully saturated rings. The molecule has 1 aromatic carbocycles. The van der Waals surface area contributed by atoms with Crippen LogP contribution in [0, 0.1) is 4.77 Å². The highest BCUT2D eigenvalue weighted by Crippen LogP contribution is 2.34. The molecule has 0 spiro atoms. The van der Waals surface area contributed by atoms with E-state index in [1.807, 2.05) is 0 Å². The molecule has 0 radical (unpaired) electrons. The highest BCUT2D eigenvalue weighted by atomic mass is 35.5. The molecule has 9 heteroatoms. The van der Waals surface area contributed by atoms with E-state index in [0.717, 1.165) is 0 Å². The summed E-state index contributed by atoms with van der Waals surface area (Å²) in [5.74, 6) is 0.191. The number of aliphatic hydroxyl groups is 3. The van der Waals surface area contributed by atoms with Crippen molar-refractivity contribution in [2.24, 2.45) is 0 Å². The molecule has 1 aliphatic rings. The predicted octanol–water partition coefficient (Wildman–Crippen LogP) is 1.13. The molecule has 128 valence electrons. The summed E-state index contributed by atoms with van der Waals surface area (Å²) in [6.07, 6.45) is -2.82. The largest absolute Gasteiger partial charge is 0.394 e. The summed E-state index contributed by atoms with van der Waals surface area (Å²) in [7, 11) is 0. The molecule has 0 aliphatic carbocycles. The number of hydrogen-bond acceptors (Lipinski definition) is 7. The van der Waals surface area contributed by atoms with Gasteiger partial charge in [-0.25, -0.2) is 4.98 Å². The van der Waals surface area contributed by atoms with Crippen LogP contribution in [0.3, 0.4) is 0 Å².